The predicted octanol–water partition coefficient (Wildman–Crippen LogP) is 3.10. The van der Waals surface area contributed by atoms with E-state index in [0.29, 0.717) is 58.1 Å². The van der Waals surface area contributed by atoms with E-state index in [1.807, 2.05) is 0 Å². The van der Waals surface area contributed by atoms with Crippen molar-refractivity contribution in [2.75, 3.05) is 34.4 Å². The van der Waals surface area contributed by atoms with Crippen molar-refractivity contribution < 1.29 is 33.7 Å². The molecule has 34 heavy (non-hydrogen) atoms. The van der Waals surface area contributed by atoms with Crippen LogP contribution in [-0.2, 0) is 6.54 Å². The highest BCUT2D eigenvalue weighted by Gasteiger charge is 2.31. The zero-order valence-electron chi connectivity index (χ0n) is 21.1. The van der Waals surface area contributed by atoms with Crippen molar-refractivity contribution in [1.29, 1.82) is 0 Å². The molecule has 2 aromatic rings. The molecule has 2 aromatic carbocycles. The Morgan fingerprint density at radius 1 is 0.941 bits per heavy atom. The van der Waals surface area contributed by atoms with Gasteiger partial charge in [-0.3, -0.25) is 4.79 Å². The highest BCUT2D eigenvalue weighted by atomic mass is 16.5. The summed E-state index contributed by atoms with van der Waals surface area (Å²) in [5.41, 5.74) is 1.56. The van der Waals surface area contributed by atoms with E-state index in [2.05, 4.69) is 27.7 Å². The number of ketones is 1. The summed E-state index contributed by atoms with van der Waals surface area (Å²) in [6.45, 7) is 11.1. The molecule has 0 fully saturated rings. The first kappa shape index (κ1) is 25.4. The van der Waals surface area contributed by atoms with Crippen LogP contribution in [0.1, 0.15) is 49.2 Å². The van der Waals surface area contributed by atoms with Crippen LogP contribution in [0.2, 0.25) is 0 Å². The van der Waals surface area contributed by atoms with Gasteiger partial charge in [0.25, 0.3) is 0 Å². The summed E-state index contributed by atoms with van der Waals surface area (Å²) in [7, 11) is 4.62. The third-order valence-corrected chi connectivity index (χ3v) is 5.74. The summed E-state index contributed by atoms with van der Waals surface area (Å²) in [4.78, 5) is 14.5. The maximum absolute atomic E-state index is 13.2. The summed E-state index contributed by atoms with van der Waals surface area (Å²) in [6.07, 6.45) is 1.62. The van der Waals surface area contributed by atoms with Crippen LogP contribution in [0.25, 0.3) is 6.08 Å². The van der Waals surface area contributed by atoms with E-state index in [9.17, 15) is 9.90 Å². The number of methoxy groups -OCH3 is 3. The van der Waals surface area contributed by atoms with Crippen LogP contribution in [0.5, 0.6) is 28.7 Å². The first-order valence-corrected chi connectivity index (χ1v) is 11.6. The molecule has 184 valence electrons. The molecule has 1 aliphatic rings. The maximum atomic E-state index is 13.2. The van der Waals surface area contributed by atoms with E-state index < -0.39 is 0 Å². The lowest BCUT2D eigenvalue weighted by Gasteiger charge is -2.26. The number of quaternary nitrogens is 1. The van der Waals surface area contributed by atoms with Crippen LogP contribution in [-0.4, -0.2) is 40.2 Å². The van der Waals surface area contributed by atoms with Gasteiger partial charge in [-0.1, -0.05) is 39.5 Å². The zero-order chi connectivity index (χ0) is 25.0. The Morgan fingerprint density at radius 2 is 1.53 bits per heavy atom. The molecule has 7 heteroatoms. The Hall–Kier alpha value is -3.19. The van der Waals surface area contributed by atoms with E-state index in [4.69, 9.17) is 18.9 Å². The first-order valence-electron chi connectivity index (χ1n) is 11.6. The third-order valence-electron chi connectivity index (χ3n) is 5.74. The van der Waals surface area contributed by atoms with Crippen molar-refractivity contribution in [3.63, 3.8) is 0 Å². The Bertz CT molecular complexity index is 1060. The van der Waals surface area contributed by atoms with Gasteiger partial charge in [-0.25, -0.2) is 0 Å². The SMILES string of the molecule is COc1cc(OC)c(OC)cc1/C=C1\Oc2c(ccc([O-])c2C[NH+](CC(C)C)CC(C)C)C1=O. The monoisotopic (exact) mass is 469 g/mol. The number of hydrogen-bond acceptors (Lipinski definition) is 6. The Morgan fingerprint density at radius 3 is 2.09 bits per heavy atom. The Balaban J connectivity index is 2.00. The van der Waals surface area contributed by atoms with Gasteiger partial charge in [0, 0.05) is 29.0 Å². The number of carbonyl (C=O) groups excluding carboxylic acids is 1. The number of hydrogen-bond donors (Lipinski definition) is 1. The summed E-state index contributed by atoms with van der Waals surface area (Å²) < 4.78 is 22.3. The van der Waals surface area contributed by atoms with Crippen LogP contribution < -0.4 is 29.0 Å². The number of carbonyl (C=O) groups is 1. The van der Waals surface area contributed by atoms with E-state index in [1.54, 1.807) is 38.5 Å². The van der Waals surface area contributed by atoms with Gasteiger partial charge >= 0.3 is 0 Å². The lowest BCUT2D eigenvalue weighted by Crippen LogP contribution is -3.11. The van der Waals surface area contributed by atoms with E-state index in [-0.39, 0.29) is 17.3 Å². The lowest BCUT2D eigenvalue weighted by molar-refractivity contribution is -0.919. The molecule has 0 atom stereocenters. The zero-order valence-corrected chi connectivity index (χ0v) is 21.1. The molecule has 0 amide bonds. The fraction of sp³-hybridized carbons (Fsp3) is 0.444. The smallest absolute Gasteiger partial charge is 0.231 e. The molecular formula is C27H35NO6. The van der Waals surface area contributed by atoms with Gasteiger partial charge in [0.05, 0.1) is 40.0 Å². The summed E-state index contributed by atoms with van der Waals surface area (Å²) >= 11 is 0. The van der Waals surface area contributed by atoms with Gasteiger partial charge in [0.2, 0.25) is 5.78 Å². The molecule has 0 unspecified atom stereocenters. The maximum Gasteiger partial charge on any atom is 0.231 e. The van der Waals surface area contributed by atoms with Crippen molar-refractivity contribution in [2.24, 2.45) is 11.8 Å². The number of allylic oxidation sites excluding steroid dienone is 1. The average molecular weight is 470 g/mol. The quantitative estimate of drug-likeness (QED) is 0.539. The Labute approximate surface area is 201 Å². The number of ether oxygens (including phenoxy) is 4. The second kappa shape index (κ2) is 10.8. The fourth-order valence-electron chi connectivity index (χ4n) is 4.40. The number of benzene rings is 2. The van der Waals surface area contributed by atoms with Crippen molar-refractivity contribution in [1.82, 2.24) is 0 Å². The molecule has 1 N–H and O–H groups in total. The second-order valence-electron chi connectivity index (χ2n) is 9.43. The molecule has 0 saturated carbocycles. The van der Waals surface area contributed by atoms with Gasteiger partial charge in [-0.05, 0) is 18.2 Å². The van der Waals surface area contributed by atoms with Crippen LogP contribution in [0.4, 0.5) is 0 Å². The predicted molar refractivity (Wildman–Crippen MR) is 129 cm³/mol. The van der Waals surface area contributed by atoms with Crippen LogP contribution >= 0.6 is 0 Å². The first-order chi connectivity index (χ1) is 16.2. The minimum absolute atomic E-state index is 0.110. The molecule has 0 spiro atoms. The van der Waals surface area contributed by atoms with Gasteiger partial charge < -0.3 is 29.0 Å². The molecule has 0 bridgehead atoms. The highest BCUT2D eigenvalue weighted by Crippen LogP contribution is 2.40. The van der Waals surface area contributed by atoms with Crippen molar-refractivity contribution >= 4 is 11.9 Å². The summed E-state index contributed by atoms with van der Waals surface area (Å²) in [5.74, 6) is 2.63. The van der Waals surface area contributed by atoms with Gasteiger partial charge in [0.15, 0.2) is 17.3 Å². The summed E-state index contributed by atoms with van der Waals surface area (Å²) in [5, 5.41) is 12.8. The molecule has 1 aliphatic heterocycles. The van der Waals surface area contributed by atoms with Crippen LogP contribution in [0.3, 0.4) is 0 Å². The topological polar surface area (TPSA) is 81.5 Å². The van der Waals surface area contributed by atoms with Gasteiger partial charge in [0.1, 0.15) is 18.0 Å². The average Bonchev–Trinajstić information content (AvgIpc) is 3.09. The van der Waals surface area contributed by atoms with Crippen LogP contribution in [0.15, 0.2) is 30.0 Å². The second-order valence-corrected chi connectivity index (χ2v) is 9.43. The minimum Gasteiger partial charge on any atom is -0.872 e. The van der Waals surface area contributed by atoms with Crippen molar-refractivity contribution in [3.05, 3.63) is 46.7 Å². The van der Waals surface area contributed by atoms with Gasteiger partial charge in [-0.2, -0.15) is 0 Å². The van der Waals surface area contributed by atoms with Crippen molar-refractivity contribution in [3.8, 4) is 28.7 Å². The Kier molecular flexibility index (Phi) is 8.10. The van der Waals surface area contributed by atoms with E-state index in [0.717, 1.165) is 13.1 Å². The molecular weight excluding hydrogens is 434 g/mol. The van der Waals surface area contributed by atoms with E-state index >= 15 is 0 Å². The fourth-order valence-corrected chi connectivity index (χ4v) is 4.40. The normalized spacial score (nSPS) is 14.2. The number of Topliss-reactive ketones (excluding diaryl/α,β-unsaturated/α-hetero) is 1. The standard InChI is InChI=1S/C27H35NO6/c1-16(2)13-28(14-17(3)4)15-20-21(29)9-8-19-26(30)25(34-27(19)20)11-18-10-23(32-6)24(33-7)12-22(18)31-5/h8-12,16-17,29H,13-15H2,1-7H3/b25-11-. The van der Waals surface area contributed by atoms with Gasteiger partial charge in [-0.15, -0.1) is 0 Å². The number of fused-ring (bicyclic) bond motifs is 1. The number of nitrogens with one attached hydrogen (secondary N) is 1. The molecule has 0 radical (unpaired) electrons. The highest BCUT2D eigenvalue weighted by molar-refractivity contribution is 6.15. The van der Waals surface area contributed by atoms with E-state index in [1.165, 1.54) is 18.1 Å². The summed E-state index contributed by atoms with van der Waals surface area (Å²) in [6, 6.07) is 6.44. The molecule has 1 heterocycles. The minimum atomic E-state index is -0.262. The lowest BCUT2D eigenvalue weighted by atomic mass is 10.0. The van der Waals surface area contributed by atoms with Crippen LogP contribution in [0, 0.1) is 11.8 Å². The van der Waals surface area contributed by atoms with Crippen molar-refractivity contribution in [2.45, 2.75) is 34.2 Å². The molecule has 3 rings (SSSR count). The molecule has 7 nitrogen and oxygen atoms in total. The third kappa shape index (κ3) is 5.47. The number of rotatable bonds is 10. The molecule has 0 aliphatic carbocycles. The molecule has 0 saturated heterocycles. The molecule has 0 aromatic heterocycles. The largest absolute Gasteiger partial charge is 0.872 e.